The number of hydrogen-bond donors (Lipinski definition) is 1. The van der Waals surface area contributed by atoms with Crippen LogP contribution in [0.5, 0.6) is 11.5 Å². The summed E-state index contributed by atoms with van der Waals surface area (Å²) in [6.45, 7) is 3.06. The summed E-state index contributed by atoms with van der Waals surface area (Å²) in [6, 6.07) is 8.62. The highest BCUT2D eigenvalue weighted by Gasteiger charge is 2.15. The van der Waals surface area contributed by atoms with Gasteiger partial charge in [0.15, 0.2) is 5.13 Å². The van der Waals surface area contributed by atoms with Crippen LogP contribution < -0.4 is 10.1 Å². The van der Waals surface area contributed by atoms with E-state index < -0.39 is 0 Å². The van der Waals surface area contributed by atoms with E-state index in [0.717, 1.165) is 45.2 Å². The van der Waals surface area contributed by atoms with Crippen LogP contribution in [0.2, 0.25) is 0 Å². The highest BCUT2D eigenvalue weighted by Crippen LogP contribution is 2.33. The average Bonchev–Trinajstić information content (AvgIpc) is 3.41. The van der Waals surface area contributed by atoms with E-state index in [9.17, 15) is 0 Å². The predicted octanol–water partition coefficient (Wildman–Crippen LogP) is 6.50. The smallest absolute Gasteiger partial charge is 0.184 e. The molecule has 0 saturated heterocycles. The van der Waals surface area contributed by atoms with Crippen molar-refractivity contribution in [3.05, 3.63) is 49.1 Å². The molecule has 1 fully saturated rings. The van der Waals surface area contributed by atoms with Gasteiger partial charge in [-0.1, -0.05) is 37.5 Å². The molecule has 0 spiro atoms. The van der Waals surface area contributed by atoms with Crippen molar-refractivity contribution >= 4 is 26.7 Å². The molecule has 1 saturated carbocycles. The number of aromatic nitrogens is 4. The Balaban J connectivity index is 1.31. The second-order valence-electron chi connectivity index (χ2n) is 8.13. The monoisotopic (exact) mass is 433 g/mol. The Morgan fingerprint density at radius 1 is 1.06 bits per heavy atom. The second kappa shape index (κ2) is 9.06. The number of benzene rings is 1. The topological polar surface area (TPSA) is 64.9 Å². The Labute approximate surface area is 186 Å². The van der Waals surface area contributed by atoms with Crippen molar-refractivity contribution in [1.29, 1.82) is 0 Å². The number of nitrogens with one attached hydrogen (secondary N) is 1. The molecule has 31 heavy (non-hydrogen) atoms. The molecule has 0 aliphatic heterocycles. The van der Waals surface area contributed by atoms with Gasteiger partial charge < -0.3 is 10.1 Å². The molecule has 3 heterocycles. The molecule has 0 unspecified atom stereocenters. The predicted molar refractivity (Wildman–Crippen MR) is 126 cm³/mol. The highest BCUT2D eigenvalue weighted by atomic mass is 32.1. The van der Waals surface area contributed by atoms with Crippen molar-refractivity contribution in [2.24, 2.45) is 0 Å². The summed E-state index contributed by atoms with van der Waals surface area (Å²) in [5, 5.41) is 9.04. The molecule has 6 nitrogen and oxygen atoms in total. The third-order valence-electron chi connectivity index (χ3n) is 5.66. The number of nitrogens with zero attached hydrogens (tertiary/aromatic N) is 4. The third-order valence-corrected chi connectivity index (χ3v) is 6.61. The molecule has 0 radical (unpaired) electrons. The van der Waals surface area contributed by atoms with Crippen LogP contribution in [0, 0.1) is 0 Å². The molecule has 0 bridgehead atoms. The Kier molecular flexibility index (Phi) is 5.84. The van der Waals surface area contributed by atoms with Gasteiger partial charge in [-0.2, -0.15) is 5.10 Å². The second-order valence-corrected chi connectivity index (χ2v) is 9.16. The number of thiazole rings is 1. The van der Waals surface area contributed by atoms with Crippen molar-refractivity contribution in [3.8, 4) is 22.6 Å². The van der Waals surface area contributed by atoms with Crippen LogP contribution in [-0.2, 0) is 6.54 Å². The van der Waals surface area contributed by atoms with Crippen molar-refractivity contribution in [2.45, 2.75) is 58.0 Å². The van der Waals surface area contributed by atoms with Crippen LogP contribution in [0.25, 0.3) is 21.3 Å². The van der Waals surface area contributed by atoms with Crippen LogP contribution in [-0.4, -0.2) is 25.8 Å². The average molecular weight is 434 g/mol. The van der Waals surface area contributed by atoms with E-state index >= 15 is 0 Å². The minimum absolute atomic E-state index is 0.556. The van der Waals surface area contributed by atoms with E-state index in [4.69, 9.17) is 9.72 Å². The van der Waals surface area contributed by atoms with E-state index in [1.165, 1.54) is 32.1 Å². The van der Waals surface area contributed by atoms with Crippen molar-refractivity contribution in [3.63, 3.8) is 0 Å². The van der Waals surface area contributed by atoms with Crippen LogP contribution in [0.4, 0.5) is 5.13 Å². The molecule has 160 valence electrons. The summed E-state index contributed by atoms with van der Waals surface area (Å²) in [7, 11) is 0. The number of aryl methyl sites for hydroxylation is 1. The Bertz CT molecular complexity index is 1160. The van der Waals surface area contributed by atoms with Gasteiger partial charge in [0, 0.05) is 42.2 Å². The molecule has 5 rings (SSSR count). The molecule has 1 aromatic carbocycles. The first-order valence-corrected chi connectivity index (χ1v) is 11.9. The molecule has 1 aliphatic carbocycles. The summed E-state index contributed by atoms with van der Waals surface area (Å²) in [6.07, 6.45) is 15.0. The standard InChI is InChI=1S/C24H27N5OS/c1-2-10-29-16-18(14-26-29)17-11-21(15-25-13-17)30-20-8-9-22-23(12-20)31-24(28-22)27-19-6-4-3-5-7-19/h8-9,11-16,19H,2-7,10H2,1H3,(H,27,28). The van der Waals surface area contributed by atoms with E-state index in [0.29, 0.717) is 11.8 Å². The van der Waals surface area contributed by atoms with Gasteiger partial charge in [0.2, 0.25) is 0 Å². The maximum Gasteiger partial charge on any atom is 0.184 e. The van der Waals surface area contributed by atoms with Gasteiger partial charge in [0.25, 0.3) is 0 Å². The van der Waals surface area contributed by atoms with Crippen molar-refractivity contribution in [1.82, 2.24) is 19.7 Å². The van der Waals surface area contributed by atoms with Gasteiger partial charge in [-0.25, -0.2) is 4.98 Å². The number of fused-ring (bicyclic) bond motifs is 1. The van der Waals surface area contributed by atoms with E-state index in [1.807, 2.05) is 35.3 Å². The minimum Gasteiger partial charge on any atom is -0.456 e. The first-order valence-electron chi connectivity index (χ1n) is 11.1. The maximum atomic E-state index is 6.13. The first-order chi connectivity index (χ1) is 15.3. The van der Waals surface area contributed by atoms with E-state index in [2.05, 4.69) is 34.6 Å². The molecule has 3 aromatic heterocycles. The van der Waals surface area contributed by atoms with E-state index in [1.54, 1.807) is 17.5 Å². The van der Waals surface area contributed by atoms with Gasteiger partial charge in [-0.05, 0) is 37.5 Å². The summed E-state index contributed by atoms with van der Waals surface area (Å²) in [5.74, 6) is 1.51. The van der Waals surface area contributed by atoms with Crippen LogP contribution in [0.3, 0.4) is 0 Å². The minimum atomic E-state index is 0.556. The SMILES string of the molecule is CCCn1cc(-c2cncc(Oc3ccc4nc(NC5CCCCC5)sc4c3)c2)cn1. The number of pyridine rings is 1. The molecule has 0 atom stereocenters. The molecule has 4 aromatic rings. The van der Waals surface area contributed by atoms with Gasteiger partial charge in [-0.15, -0.1) is 0 Å². The zero-order valence-electron chi connectivity index (χ0n) is 17.8. The van der Waals surface area contributed by atoms with Gasteiger partial charge in [0.1, 0.15) is 11.5 Å². The Morgan fingerprint density at radius 2 is 1.97 bits per heavy atom. The molecule has 0 amide bonds. The molecule has 1 aliphatic rings. The molecule has 7 heteroatoms. The Hall–Kier alpha value is -2.93. The van der Waals surface area contributed by atoms with E-state index in [-0.39, 0.29) is 0 Å². The highest BCUT2D eigenvalue weighted by molar-refractivity contribution is 7.22. The van der Waals surface area contributed by atoms with Gasteiger partial charge >= 0.3 is 0 Å². The summed E-state index contributed by atoms with van der Waals surface area (Å²) in [5.41, 5.74) is 3.05. The van der Waals surface area contributed by atoms with Crippen molar-refractivity contribution in [2.75, 3.05) is 5.32 Å². The fourth-order valence-corrected chi connectivity index (χ4v) is 5.06. The zero-order valence-corrected chi connectivity index (χ0v) is 18.6. The lowest BCUT2D eigenvalue weighted by molar-refractivity contribution is 0.462. The fourth-order valence-electron chi connectivity index (χ4n) is 4.08. The summed E-state index contributed by atoms with van der Waals surface area (Å²) < 4.78 is 9.21. The van der Waals surface area contributed by atoms with Gasteiger partial charge in [-0.3, -0.25) is 9.67 Å². The molecular formula is C24H27N5OS. The fraction of sp³-hybridized carbons (Fsp3) is 0.375. The lowest BCUT2D eigenvalue weighted by Crippen LogP contribution is -2.21. The molecular weight excluding hydrogens is 406 g/mol. The largest absolute Gasteiger partial charge is 0.456 e. The summed E-state index contributed by atoms with van der Waals surface area (Å²) in [4.78, 5) is 9.12. The lowest BCUT2D eigenvalue weighted by Gasteiger charge is -2.22. The number of rotatable bonds is 7. The van der Waals surface area contributed by atoms with Crippen LogP contribution in [0.1, 0.15) is 45.4 Å². The van der Waals surface area contributed by atoms with Crippen LogP contribution in [0.15, 0.2) is 49.1 Å². The molecule has 1 N–H and O–H groups in total. The lowest BCUT2D eigenvalue weighted by atomic mass is 9.96. The summed E-state index contributed by atoms with van der Waals surface area (Å²) >= 11 is 1.69. The Morgan fingerprint density at radius 3 is 2.84 bits per heavy atom. The van der Waals surface area contributed by atoms with Gasteiger partial charge in [0.05, 0.1) is 22.6 Å². The van der Waals surface area contributed by atoms with Crippen LogP contribution >= 0.6 is 11.3 Å². The number of anilines is 1. The quantitative estimate of drug-likeness (QED) is 0.360. The maximum absolute atomic E-state index is 6.13. The van der Waals surface area contributed by atoms with Crippen molar-refractivity contribution < 1.29 is 4.74 Å². The normalized spacial score (nSPS) is 14.7. The zero-order chi connectivity index (χ0) is 21.0. The third kappa shape index (κ3) is 4.71. The number of ether oxygens (including phenoxy) is 1. The number of hydrogen-bond acceptors (Lipinski definition) is 6. The first kappa shape index (κ1) is 20.0.